The lowest BCUT2D eigenvalue weighted by atomic mass is 10.1. The van der Waals surface area contributed by atoms with Gasteiger partial charge in [0.05, 0.1) is 10.6 Å². The monoisotopic (exact) mass is 275 g/mol. The minimum absolute atomic E-state index is 0.240. The second-order valence-corrected chi connectivity index (χ2v) is 5.96. The Morgan fingerprint density at radius 1 is 1.39 bits per heavy atom. The van der Waals surface area contributed by atoms with Crippen molar-refractivity contribution in [2.45, 2.75) is 24.3 Å². The van der Waals surface area contributed by atoms with Crippen LogP contribution in [0.1, 0.15) is 13.8 Å². The fourth-order valence-corrected chi connectivity index (χ4v) is 2.55. The fourth-order valence-electron chi connectivity index (χ4n) is 1.13. The molecular weight excluding hydrogens is 261 g/mol. The maximum atomic E-state index is 12.9. The number of anilines is 1. The second kappa shape index (κ2) is 4.54. The maximum Gasteiger partial charge on any atom is 0.241 e. The third-order valence-corrected chi connectivity index (χ3v) is 3.94. The number of primary amides is 1. The number of amides is 1. The van der Waals surface area contributed by atoms with Crippen molar-refractivity contribution in [1.29, 1.82) is 0 Å². The van der Waals surface area contributed by atoms with Gasteiger partial charge in [-0.25, -0.2) is 12.8 Å². The molecule has 0 bridgehead atoms. The third kappa shape index (κ3) is 2.96. The topological polar surface area (TPSA) is 115 Å². The number of carbonyl (C=O) groups excluding carboxylic acids is 1. The van der Waals surface area contributed by atoms with E-state index in [1.54, 1.807) is 0 Å². The normalized spacial score (nSPS) is 12.4. The first-order chi connectivity index (χ1) is 8.06. The number of sulfonamides is 1. The van der Waals surface area contributed by atoms with E-state index in [1.165, 1.54) is 13.8 Å². The van der Waals surface area contributed by atoms with Gasteiger partial charge in [-0.1, -0.05) is 0 Å². The van der Waals surface area contributed by atoms with Crippen LogP contribution in [0.15, 0.2) is 23.1 Å². The Hall–Kier alpha value is -1.67. The van der Waals surface area contributed by atoms with E-state index in [0.717, 1.165) is 18.2 Å². The van der Waals surface area contributed by atoms with Crippen molar-refractivity contribution in [3.63, 3.8) is 0 Å². The van der Waals surface area contributed by atoms with E-state index in [0.29, 0.717) is 0 Å². The number of nitrogen functional groups attached to an aromatic ring is 1. The summed E-state index contributed by atoms with van der Waals surface area (Å²) in [6, 6.07) is 2.95. The molecule has 1 amide bonds. The van der Waals surface area contributed by atoms with Crippen LogP contribution in [0, 0.1) is 5.82 Å². The van der Waals surface area contributed by atoms with Crippen molar-refractivity contribution in [1.82, 2.24) is 4.72 Å². The summed E-state index contributed by atoms with van der Waals surface area (Å²) in [5.41, 5.74) is 8.59. The number of benzene rings is 1. The van der Waals surface area contributed by atoms with Gasteiger partial charge in [0, 0.05) is 0 Å². The lowest BCUT2D eigenvalue weighted by molar-refractivity contribution is -0.122. The molecule has 0 spiro atoms. The van der Waals surface area contributed by atoms with E-state index < -0.39 is 27.3 Å². The maximum absolute atomic E-state index is 12.9. The van der Waals surface area contributed by atoms with Crippen LogP contribution in [0.25, 0.3) is 0 Å². The van der Waals surface area contributed by atoms with Gasteiger partial charge in [-0.15, -0.1) is 0 Å². The van der Waals surface area contributed by atoms with E-state index in [1.807, 2.05) is 0 Å². The molecule has 0 saturated carbocycles. The SMILES string of the molecule is CC(C)(NS(=O)(=O)c1ccc(F)c(N)c1)C(N)=O. The fraction of sp³-hybridized carbons (Fsp3) is 0.300. The van der Waals surface area contributed by atoms with Crippen LogP contribution in [-0.2, 0) is 14.8 Å². The number of nitrogens with one attached hydrogen (secondary N) is 1. The molecular formula is C10H14FN3O3S. The van der Waals surface area contributed by atoms with Gasteiger partial charge in [0.15, 0.2) is 0 Å². The summed E-state index contributed by atoms with van der Waals surface area (Å²) in [7, 11) is -4.00. The summed E-state index contributed by atoms with van der Waals surface area (Å²) in [5, 5.41) is 0. The van der Waals surface area contributed by atoms with Crippen LogP contribution in [0.2, 0.25) is 0 Å². The first-order valence-corrected chi connectivity index (χ1v) is 6.43. The molecule has 0 fully saturated rings. The molecule has 0 unspecified atom stereocenters. The van der Waals surface area contributed by atoms with Crippen molar-refractivity contribution >= 4 is 21.6 Å². The van der Waals surface area contributed by atoms with Crippen LogP contribution in [0.3, 0.4) is 0 Å². The van der Waals surface area contributed by atoms with Gasteiger partial charge in [-0.05, 0) is 32.0 Å². The zero-order valence-electron chi connectivity index (χ0n) is 9.90. The van der Waals surface area contributed by atoms with Gasteiger partial charge < -0.3 is 11.5 Å². The van der Waals surface area contributed by atoms with Crippen LogP contribution in [-0.4, -0.2) is 19.9 Å². The molecule has 8 heteroatoms. The van der Waals surface area contributed by atoms with Gasteiger partial charge in [0.2, 0.25) is 15.9 Å². The molecule has 0 atom stereocenters. The molecule has 0 saturated heterocycles. The number of carbonyl (C=O) groups is 1. The Morgan fingerprint density at radius 3 is 2.39 bits per heavy atom. The van der Waals surface area contributed by atoms with Crippen LogP contribution in [0.4, 0.5) is 10.1 Å². The summed E-state index contributed by atoms with van der Waals surface area (Å²) in [6.07, 6.45) is 0. The molecule has 1 aromatic rings. The Bertz CT molecular complexity index is 584. The third-order valence-electron chi connectivity index (χ3n) is 2.28. The zero-order chi connectivity index (χ0) is 14.1. The molecule has 1 aromatic carbocycles. The van der Waals surface area contributed by atoms with Gasteiger partial charge in [-0.3, -0.25) is 4.79 Å². The highest BCUT2D eigenvalue weighted by Gasteiger charge is 2.31. The summed E-state index contributed by atoms with van der Waals surface area (Å²) in [4.78, 5) is 10.8. The number of hydrogen-bond acceptors (Lipinski definition) is 4. The molecule has 0 aliphatic carbocycles. The molecule has 6 nitrogen and oxygen atoms in total. The molecule has 0 aliphatic rings. The van der Waals surface area contributed by atoms with Crippen LogP contribution >= 0.6 is 0 Å². The van der Waals surface area contributed by atoms with Gasteiger partial charge >= 0.3 is 0 Å². The lowest BCUT2D eigenvalue weighted by Crippen LogP contribution is -2.52. The number of nitrogens with two attached hydrogens (primary N) is 2. The van der Waals surface area contributed by atoms with E-state index in [9.17, 15) is 17.6 Å². The van der Waals surface area contributed by atoms with Crippen molar-refractivity contribution in [3.8, 4) is 0 Å². The van der Waals surface area contributed by atoms with Gasteiger partial charge in [-0.2, -0.15) is 4.72 Å². The number of hydrogen-bond donors (Lipinski definition) is 3. The highest BCUT2D eigenvalue weighted by molar-refractivity contribution is 7.89. The van der Waals surface area contributed by atoms with E-state index in [2.05, 4.69) is 4.72 Å². The summed E-state index contributed by atoms with van der Waals surface area (Å²) in [6.45, 7) is 2.64. The first-order valence-electron chi connectivity index (χ1n) is 4.95. The molecule has 0 heterocycles. The quantitative estimate of drug-likeness (QED) is 0.668. The standard InChI is InChI=1S/C10H14FN3O3S/c1-10(2,9(13)15)14-18(16,17)6-3-4-7(11)8(12)5-6/h3-5,14H,12H2,1-2H3,(H2,13,15). The van der Waals surface area contributed by atoms with Gasteiger partial charge in [0.1, 0.15) is 11.4 Å². The molecule has 1 rings (SSSR count). The largest absolute Gasteiger partial charge is 0.396 e. The van der Waals surface area contributed by atoms with E-state index in [4.69, 9.17) is 11.5 Å². The zero-order valence-corrected chi connectivity index (χ0v) is 10.7. The van der Waals surface area contributed by atoms with Crippen LogP contribution in [0.5, 0.6) is 0 Å². The molecule has 5 N–H and O–H groups in total. The molecule has 100 valence electrons. The number of rotatable bonds is 4. The smallest absolute Gasteiger partial charge is 0.241 e. The summed E-state index contributed by atoms with van der Waals surface area (Å²) in [5.74, 6) is -1.55. The van der Waals surface area contributed by atoms with Crippen molar-refractivity contribution in [3.05, 3.63) is 24.0 Å². The van der Waals surface area contributed by atoms with E-state index >= 15 is 0 Å². The molecule has 0 aromatic heterocycles. The predicted octanol–water partition coefficient (Wildman–Crippen LogP) is -0.0499. The van der Waals surface area contributed by atoms with Crippen LogP contribution < -0.4 is 16.2 Å². The highest BCUT2D eigenvalue weighted by atomic mass is 32.2. The minimum Gasteiger partial charge on any atom is -0.396 e. The Labute approximate surface area is 104 Å². The van der Waals surface area contributed by atoms with Crippen molar-refractivity contribution < 1.29 is 17.6 Å². The Morgan fingerprint density at radius 2 is 1.94 bits per heavy atom. The first kappa shape index (κ1) is 14.4. The van der Waals surface area contributed by atoms with Gasteiger partial charge in [0.25, 0.3) is 0 Å². The highest BCUT2D eigenvalue weighted by Crippen LogP contribution is 2.18. The Balaban J connectivity index is 3.15. The van der Waals surface area contributed by atoms with Crippen molar-refractivity contribution in [2.24, 2.45) is 5.73 Å². The molecule has 0 radical (unpaired) electrons. The average Bonchev–Trinajstić information content (AvgIpc) is 2.20. The molecule has 0 aliphatic heterocycles. The molecule has 18 heavy (non-hydrogen) atoms. The van der Waals surface area contributed by atoms with Crippen molar-refractivity contribution in [2.75, 3.05) is 5.73 Å². The summed E-state index contributed by atoms with van der Waals surface area (Å²) < 4.78 is 38.9. The summed E-state index contributed by atoms with van der Waals surface area (Å²) >= 11 is 0. The minimum atomic E-state index is -4.00. The lowest BCUT2D eigenvalue weighted by Gasteiger charge is -2.22. The average molecular weight is 275 g/mol. The second-order valence-electron chi connectivity index (χ2n) is 4.28. The Kier molecular flexibility index (Phi) is 3.63. The predicted molar refractivity (Wildman–Crippen MR) is 64.4 cm³/mol. The van der Waals surface area contributed by atoms with E-state index in [-0.39, 0.29) is 10.6 Å². The number of halogens is 1.